The summed E-state index contributed by atoms with van der Waals surface area (Å²) in [5.74, 6) is 1.64. The minimum Gasteiger partial charge on any atom is -0.527 e. The van der Waals surface area contributed by atoms with Crippen LogP contribution in [0.25, 0.3) is 0 Å². The summed E-state index contributed by atoms with van der Waals surface area (Å²) in [6, 6.07) is 8.64. The molecule has 0 saturated carbocycles. The van der Waals surface area contributed by atoms with E-state index < -0.39 is 0 Å². The van der Waals surface area contributed by atoms with E-state index >= 15 is 0 Å². The fraction of sp³-hybridized carbons (Fsp3) is 0.489. The van der Waals surface area contributed by atoms with Crippen LogP contribution >= 0.6 is 0 Å². The number of nitrogens with one attached hydrogen (secondary N) is 1. The molecule has 0 aromatic heterocycles. The van der Waals surface area contributed by atoms with Crippen LogP contribution in [0.1, 0.15) is 117 Å². The second-order valence-corrected chi connectivity index (χ2v) is 13.0. The number of ether oxygens (including phenoxy) is 1. The first-order chi connectivity index (χ1) is 23.9. The van der Waals surface area contributed by atoms with Crippen molar-refractivity contribution in [2.24, 2.45) is 11.7 Å². The van der Waals surface area contributed by atoms with E-state index in [9.17, 15) is 9.59 Å². The maximum atomic E-state index is 11.7. The number of benzene rings is 1. The molecule has 0 radical (unpaired) electrons. The summed E-state index contributed by atoms with van der Waals surface area (Å²) in [4.78, 5) is 20.9. The standard InChI is InChI=1S/C26H34NO2.C17H30.C2H5NO.Fe/c1-6-23-17-25(21(4)28)18-24(23)13-9-20(3)29-26(15-16-27-5)14-12-22-10-7-19(2)8-11-22;1-5-9-13-17(8-4)15-11-10-14-16(7-3)12-6-2;1-2(3)4;/h6-11,13-14,18,26-27H,12,15-17H2,1-5H3;5,8-9,13,16H,1,6-7,10-12,14-15H2,2-4H3;1H3,(H2,3,4);/q-1;;;/b20-9+,23-6-,24-13-;13-9-,17-8+;;. The van der Waals surface area contributed by atoms with Gasteiger partial charge in [0, 0.05) is 30.4 Å². The molecule has 0 fully saturated rings. The van der Waals surface area contributed by atoms with Gasteiger partial charge in [-0.05, 0) is 108 Å². The molecule has 0 saturated heterocycles. The summed E-state index contributed by atoms with van der Waals surface area (Å²) in [5, 5.41) is 3.20. The summed E-state index contributed by atoms with van der Waals surface area (Å²) in [5.41, 5.74) is 11.6. The zero-order valence-corrected chi connectivity index (χ0v) is 34.4. The third-order valence-corrected chi connectivity index (χ3v) is 8.55. The zero-order valence-electron chi connectivity index (χ0n) is 33.3. The third kappa shape index (κ3) is 25.4. The van der Waals surface area contributed by atoms with Crippen molar-refractivity contribution < 1.29 is 31.4 Å². The Kier molecular flexibility index (Phi) is 30.9. The van der Waals surface area contributed by atoms with Gasteiger partial charge in [0.05, 0.1) is 5.76 Å². The van der Waals surface area contributed by atoms with Crippen LogP contribution in [0.2, 0.25) is 0 Å². The predicted molar refractivity (Wildman–Crippen MR) is 217 cm³/mol. The first kappa shape index (κ1) is 49.9. The summed E-state index contributed by atoms with van der Waals surface area (Å²) in [7, 11) is 1.96. The molecule has 2 rings (SSSR count). The second-order valence-electron chi connectivity index (χ2n) is 13.0. The van der Waals surface area contributed by atoms with Crippen molar-refractivity contribution in [3.05, 3.63) is 125 Å². The van der Waals surface area contributed by atoms with Gasteiger partial charge in [-0.25, -0.2) is 0 Å². The number of aryl methyl sites for hydroxylation is 1. The molecule has 286 valence electrons. The van der Waals surface area contributed by atoms with Crippen molar-refractivity contribution in [2.45, 2.75) is 126 Å². The van der Waals surface area contributed by atoms with Gasteiger partial charge in [0.25, 0.3) is 0 Å². The van der Waals surface area contributed by atoms with E-state index in [4.69, 9.17) is 4.74 Å². The number of ketones is 1. The van der Waals surface area contributed by atoms with Crippen molar-refractivity contribution in [1.82, 2.24) is 5.32 Å². The van der Waals surface area contributed by atoms with Crippen LogP contribution in [0.15, 0.2) is 108 Å². The van der Waals surface area contributed by atoms with Gasteiger partial charge in [0.15, 0.2) is 5.78 Å². The van der Waals surface area contributed by atoms with Gasteiger partial charge >= 0.3 is 0 Å². The summed E-state index contributed by atoms with van der Waals surface area (Å²) in [6.45, 7) is 20.4. The van der Waals surface area contributed by atoms with Crippen LogP contribution in [-0.2, 0) is 37.8 Å². The Bertz CT molecular complexity index is 1310. The normalized spacial score (nSPS) is 15.6. The number of carbonyl (C=O) groups is 2. The molecular weight excluding hydrogens is 672 g/mol. The maximum Gasteiger partial charge on any atom is 0.214 e. The topological polar surface area (TPSA) is 81.4 Å². The zero-order chi connectivity index (χ0) is 37.7. The second kappa shape index (κ2) is 31.5. The van der Waals surface area contributed by atoms with E-state index in [1.165, 1.54) is 74.1 Å². The number of rotatable bonds is 20. The number of primary amides is 1. The Morgan fingerprint density at radius 2 is 1.73 bits per heavy atom. The van der Waals surface area contributed by atoms with Crippen LogP contribution in [-0.4, -0.2) is 31.4 Å². The number of amides is 1. The summed E-state index contributed by atoms with van der Waals surface area (Å²) < 4.78 is 6.21. The molecule has 2 unspecified atom stereocenters. The smallest absolute Gasteiger partial charge is 0.214 e. The Hall–Kier alpha value is -3.18. The number of carbonyl (C=O) groups excluding carboxylic acids is 2. The van der Waals surface area contributed by atoms with Crippen LogP contribution in [0.5, 0.6) is 0 Å². The van der Waals surface area contributed by atoms with E-state index in [1.807, 2.05) is 45.2 Å². The molecular formula is C45H69FeN2O3-. The molecule has 1 aromatic rings. The molecule has 0 aliphatic heterocycles. The number of hydrogen-bond donors (Lipinski definition) is 2. The van der Waals surface area contributed by atoms with Crippen molar-refractivity contribution in [3.8, 4) is 0 Å². The Labute approximate surface area is 323 Å². The molecule has 1 aliphatic carbocycles. The molecule has 0 heterocycles. The van der Waals surface area contributed by atoms with Gasteiger partial charge < -0.3 is 15.8 Å². The quantitative estimate of drug-likeness (QED) is 0.0458. The molecule has 2 atom stereocenters. The van der Waals surface area contributed by atoms with Crippen LogP contribution < -0.4 is 11.1 Å². The molecule has 3 N–H and O–H groups in total. The predicted octanol–water partition coefficient (Wildman–Crippen LogP) is 11.0. The van der Waals surface area contributed by atoms with Crippen LogP contribution in [0.3, 0.4) is 0 Å². The molecule has 5 nitrogen and oxygen atoms in total. The molecule has 6 heteroatoms. The number of allylic oxidation sites excluding steroid dienone is 13. The van der Waals surface area contributed by atoms with Gasteiger partial charge in [-0.2, -0.15) is 6.42 Å². The molecule has 0 bridgehead atoms. The molecule has 0 spiro atoms. The first-order valence-corrected chi connectivity index (χ1v) is 18.6. The van der Waals surface area contributed by atoms with E-state index in [1.54, 1.807) is 6.92 Å². The minimum atomic E-state index is -0.333. The van der Waals surface area contributed by atoms with Gasteiger partial charge in [-0.3, -0.25) is 16.0 Å². The number of nitrogens with two attached hydrogens (primary N) is 1. The Morgan fingerprint density at radius 1 is 1.06 bits per heavy atom. The van der Waals surface area contributed by atoms with Crippen molar-refractivity contribution in [1.29, 1.82) is 0 Å². The van der Waals surface area contributed by atoms with Crippen molar-refractivity contribution >= 4 is 11.7 Å². The molecule has 1 aromatic carbocycles. The summed E-state index contributed by atoms with van der Waals surface area (Å²) in [6.07, 6.45) is 30.6. The maximum absolute atomic E-state index is 11.7. The first-order valence-electron chi connectivity index (χ1n) is 18.6. The minimum absolute atomic E-state index is 0. The molecule has 51 heavy (non-hydrogen) atoms. The van der Waals surface area contributed by atoms with Crippen molar-refractivity contribution in [2.75, 3.05) is 13.6 Å². The average molecular weight is 742 g/mol. The number of Topliss-reactive ketones (excluding diaryl/α,β-unsaturated/α-hetero) is 1. The van der Waals surface area contributed by atoms with E-state index in [0.717, 1.165) is 48.6 Å². The molecule has 1 aliphatic rings. The van der Waals surface area contributed by atoms with E-state index in [2.05, 4.69) is 100 Å². The van der Waals surface area contributed by atoms with Crippen LogP contribution in [0.4, 0.5) is 0 Å². The fourth-order valence-corrected chi connectivity index (χ4v) is 5.52. The van der Waals surface area contributed by atoms with Crippen molar-refractivity contribution in [3.63, 3.8) is 0 Å². The summed E-state index contributed by atoms with van der Waals surface area (Å²) >= 11 is 0. The van der Waals surface area contributed by atoms with Gasteiger partial charge in [-0.1, -0.05) is 130 Å². The third-order valence-electron chi connectivity index (χ3n) is 8.55. The van der Waals surface area contributed by atoms with E-state index in [0.29, 0.717) is 0 Å². The average Bonchev–Trinajstić information content (AvgIpc) is 3.52. The van der Waals surface area contributed by atoms with Crippen LogP contribution in [0, 0.1) is 19.3 Å². The monoisotopic (exact) mass is 741 g/mol. The fourth-order valence-electron chi connectivity index (χ4n) is 5.52. The van der Waals surface area contributed by atoms with Gasteiger partial charge in [0.1, 0.15) is 0 Å². The Morgan fingerprint density at radius 3 is 2.25 bits per heavy atom. The van der Waals surface area contributed by atoms with Gasteiger partial charge in [0.2, 0.25) is 5.91 Å². The van der Waals surface area contributed by atoms with Gasteiger partial charge in [-0.15, -0.1) is 0 Å². The largest absolute Gasteiger partial charge is 0.527 e. The van der Waals surface area contributed by atoms with E-state index in [-0.39, 0.29) is 34.9 Å². The molecule has 1 amide bonds. The Balaban J connectivity index is 0. The number of hydrogen-bond acceptors (Lipinski definition) is 4. The number of unbranched alkanes of at least 4 members (excludes halogenated alkanes) is 1. The SMILES string of the molecule is C/C=C1/CC(C(C)=O)=C/C1=C/C=C(\C)OC([CH-]Cc1ccc(C)cc1)CCNC.C=C/C=C\C(=C/C)CCCCC(CC)CCC.CC(N)=O.[Fe].